The number of halogens is 3. The third-order valence-corrected chi connectivity index (χ3v) is 3.30. The molecule has 1 atom stereocenters. The molecule has 5 nitrogen and oxygen atoms in total. The maximum absolute atomic E-state index is 13.6. The van der Waals surface area contributed by atoms with E-state index in [-0.39, 0.29) is 12.3 Å². The molecule has 0 amide bonds. The summed E-state index contributed by atoms with van der Waals surface area (Å²) < 4.78 is 44.7. The van der Waals surface area contributed by atoms with Crippen LogP contribution in [0, 0.1) is 0 Å². The van der Waals surface area contributed by atoms with Crippen LogP contribution in [0.2, 0.25) is 0 Å². The summed E-state index contributed by atoms with van der Waals surface area (Å²) in [5.41, 5.74) is 1.64. The molecule has 1 aliphatic rings. The van der Waals surface area contributed by atoms with Crippen molar-refractivity contribution in [2.45, 2.75) is 25.7 Å². The van der Waals surface area contributed by atoms with Gasteiger partial charge in [0.1, 0.15) is 18.8 Å². The number of ether oxygens (including phenoxy) is 1. The van der Waals surface area contributed by atoms with Gasteiger partial charge >= 0.3 is 6.61 Å². The Morgan fingerprint density at radius 2 is 2.26 bits per heavy atom. The van der Waals surface area contributed by atoms with Crippen molar-refractivity contribution >= 4 is 5.57 Å². The number of nitrogens with zero attached hydrogens (tertiary/aromatic N) is 4. The summed E-state index contributed by atoms with van der Waals surface area (Å²) in [7, 11) is 0. The van der Waals surface area contributed by atoms with Gasteiger partial charge in [-0.15, -0.1) is 0 Å². The van der Waals surface area contributed by atoms with Crippen LogP contribution in [0.25, 0.3) is 5.57 Å². The molecule has 0 bridgehead atoms. The van der Waals surface area contributed by atoms with E-state index in [1.807, 2.05) is 0 Å². The van der Waals surface area contributed by atoms with Gasteiger partial charge in [-0.1, -0.05) is 18.2 Å². The SMILES string of the molecule is FC1C=CC=C(c2cc(Cn3cncn3)cnc2OC(F)F)C1. The number of aromatic nitrogens is 4. The molecule has 8 heteroatoms. The Balaban J connectivity index is 1.95. The Hall–Kier alpha value is -2.64. The van der Waals surface area contributed by atoms with Gasteiger partial charge in [0, 0.05) is 18.2 Å². The topological polar surface area (TPSA) is 52.8 Å². The van der Waals surface area contributed by atoms with Gasteiger partial charge < -0.3 is 4.74 Å². The maximum Gasteiger partial charge on any atom is 0.388 e. The molecule has 23 heavy (non-hydrogen) atoms. The second kappa shape index (κ2) is 6.64. The van der Waals surface area contributed by atoms with Crippen molar-refractivity contribution in [2.24, 2.45) is 0 Å². The van der Waals surface area contributed by atoms with E-state index in [0.29, 0.717) is 17.7 Å². The normalized spacial score (nSPS) is 17.4. The lowest BCUT2D eigenvalue weighted by atomic mass is 9.96. The first-order chi connectivity index (χ1) is 11.1. The van der Waals surface area contributed by atoms with Gasteiger partial charge in [-0.2, -0.15) is 13.9 Å². The van der Waals surface area contributed by atoms with Crippen LogP contribution in [-0.4, -0.2) is 32.5 Å². The summed E-state index contributed by atoms with van der Waals surface area (Å²) in [5, 5.41) is 3.98. The average molecular weight is 322 g/mol. The molecule has 3 rings (SSSR count). The van der Waals surface area contributed by atoms with Crippen LogP contribution in [0.15, 0.2) is 43.1 Å². The fraction of sp³-hybridized carbons (Fsp3) is 0.267. The second-order valence-corrected chi connectivity index (χ2v) is 4.96. The largest absolute Gasteiger partial charge is 0.416 e. The van der Waals surface area contributed by atoms with Crippen molar-refractivity contribution in [3.63, 3.8) is 0 Å². The fourth-order valence-electron chi connectivity index (χ4n) is 2.33. The van der Waals surface area contributed by atoms with Crippen LogP contribution in [0.3, 0.4) is 0 Å². The Morgan fingerprint density at radius 1 is 1.39 bits per heavy atom. The molecule has 0 aromatic carbocycles. The molecule has 2 aromatic rings. The van der Waals surface area contributed by atoms with Crippen molar-refractivity contribution < 1.29 is 17.9 Å². The molecule has 2 aromatic heterocycles. The molecule has 2 heterocycles. The quantitative estimate of drug-likeness (QED) is 0.849. The minimum absolute atomic E-state index is 0.0879. The van der Waals surface area contributed by atoms with Gasteiger partial charge in [-0.05, 0) is 17.2 Å². The first kappa shape index (κ1) is 15.3. The summed E-state index contributed by atoms with van der Waals surface area (Å²) in [6.45, 7) is -2.62. The minimum atomic E-state index is -3.00. The number of allylic oxidation sites excluding steroid dienone is 4. The first-order valence-electron chi connectivity index (χ1n) is 6.90. The van der Waals surface area contributed by atoms with Crippen molar-refractivity contribution in [1.29, 1.82) is 0 Å². The lowest BCUT2D eigenvalue weighted by Gasteiger charge is -2.16. The Morgan fingerprint density at radius 3 is 2.96 bits per heavy atom. The monoisotopic (exact) mass is 322 g/mol. The van der Waals surface area contributed by atoms with E-state index in [1.165, 1.54) is 24.9 Å². The third kappa shape index (κ3) is 3.77. The number of rotatable bonds is 5. The molecule has 0 radical (unpaired) electrons. The minimum Gasteiger partial charge on any atom is -0.416 e. The predicted molar refractivity (Wildman–Crippen MR) is 76.6 cm³/mol. The lowest BCUT2D eigenvalue weighted by Crippen LogP contribution is -2.10. The zero-order chi connectivity index (χ0) is 16.2. The molecule has 0 spiro atoms. The molecule has 0 saturated carbocycles. The highest BCUT2D eigenvalue weighted by molar-refractivity contribution is 5.72. The van der Waals surface area contributed by atoms with Gasteiger partial charge in [0.15, 0.2) is 0 Å². The van der Waals surface area contributed by atoms with E-state index >= 15 is 0 Å². The second-order valence-electron chi connectivity index (χ2n) is 4.96. The average Bonchev–Trinajstić information content (AvgIpc) is 3.01. The first-order valence-corrected chi connectivity index (χ1v) is 6.90. The molecule has 1 unspecified atom stereocenters. The van der Waals surface area contributed by atoms with E-state index in [9.17, 15) is 13.2 Å². The lowest BCUT2D eigenvalue weighted by molar-refractivity contribution is -0.0530. The van der Waals surface area contributed by atoms with Crippen LogP contribution in [0.5, 0.6) is 5.88 Å². The summed E-state index contributed by atoms with van der Waals surface area (Å²) in [4.78, 5) is 7.78. The van der Waals surface area contributed by atoms with Crippen LogP contribution in [0.1, 0.15) is 17.5 Å². The summed E-state index contributed by atoms with van der Waals surface area (Å²) in [6.07, 6.45) is 7.91. The Kier molecular flexibility index (Phi) is 4.40. The van der Waals surface area contributed by atoms with E-state index in [2.05, 4.69) is 19.8 Å². The van der Waals surface area contributed by atoms with Crippen molar-refractivity contribution in [3.8, 4) is 5.88 Å². The van der Waals surface area contributed by atoms with Crippen molar-refractivity contribution in [2.75, 3.05) is 0 Å². The molecular weight excluding hydrogens is 309 g/mol. The number of alkyl halides is 3. The smallest absolute Gasteiger partial charge is 0.388 e. The van der Waals surface area contributed by atoms with E-state index in [4.69, 9.17) is 0 Å². The van der Waals surface area contributed by atoms with E-state index < -0.39 is 12.8 Å². The van der Waals surface area contributed by atoms with Crippen LogP contribution >= 0.6 is 0 Å². The summed E-state index contributed by atoms with van der Waals surface area (Å²) in [6, 6.07) is 1.66. The van der Waals surface area contributed by atoms with Crippen LogP contribution < -0.4 is 4.74 Å². The Labute approximate surface area is 130 Å². The number of hydrogen-bond donors (Lipinski definition) is 0. The van der Waals surface area contributed by atoms with Crippen LogP contribution in [-0.2, 0) is 6.54 Å². The van der Waals surface area contributed by atoms with Crippen molar-refractivity contribution in [3.05, 3.63) is 54.3 Å². The predicted octanol–water partition coefficient (Wildman–Crippen LogP) is 3.00. The molecule has 120 valence electrons. The van der Waals surface area contributed by atoms with E-state index in [1.54, 1.807) is 22.9 Å². The Bertz CT molecular complexity index is 728. The van der Waals surface area contributed by atoms with Gasteiger partial charge in [-0.25, -0.2) is 19.0 Å². The number of pyridine rings is 1. The van der Waals surface area contributed by atoms with Gasteiger partial charge in [0.05, 0.1) is 6.54 Å². The molecule has 0 saturated heterocycles. The number of hydrogen-bond acceptors (Lipinski definition) is 4. The summed E-state index contributed by atoms with van der Waals surface area (Å²) in [5.74, 6) is -0.212. The van der Waals surface area contributed by atoms with Gasteiger partial charge in [0.25, 0.3) is 0 Å². The zero-order valence-corrected chi connectivity index (χ0v) is 11.9. The highest BCUT2D eigenvalue weighted by Crippen LogP contribution is 2.32. The van der Waals surface area contributed by atoms with E-state index in [0.717, 1.165) is 5.56 Å². The zero-order valence-electron chi connectivity index (χ0n) is 11.9. The summed E-state index contributed by atoms with van der Waals surface area (Å²) >= 11 is 0. The maximum atomic E-state index is 13.6. The highest BCUT2D eigenvalue weighted by Gasteiger charge is 2.19. The van der Waals surface area contributed by atoms with Crippen LogP contribution in [0.4, 0.5) is 13.2 Å². The molecule has 0 aliphatic heterocycles. The van der Waals surface area contributed by atoms with Gasteiger partial charge in [-0.3, -0.25) is 0 Å². The fourth-order valence-corrected chi connectivity index (χ4v) is 2.33. The molecule has 0 fully saturated rings. The molecule has 0 N–H and O–H groups in total. The molecule has 1 aliphatic carbocycles. The molecular formula is C15H13F3N4O. The third-order valence-electron chi connectivity index (χ3n) is 3.30. The standard InChI is InChI=1S/C15H13F3N4O/c16-12-3-1-2-11(5-12)13-4-10(7-22-9-19-8-21-22)6-20-14(13)23-15(17)18/h1-4,6,8-9,12,15H,5,7H2. The van der Waals surface area contributed by atoms with Crippen molar-refractivity contribution in [1.82, 2.24) is 19.7 Å². The highest BCUT2D eigenvalue weighted by atomic mass is 19.3. The van der Waals surface area contributed by atoms with Gasteiger partial charge in [0.2, 0.25) is 5.88 Å².